The van der Waals surface area contributed by atoms with Crippen LogP contribution in [0.2, 0.25) is 0 Å². The summed E-state index contributed by atoms with van der Waals surface area (Å²) in [6, 6.07) is 1.33. The van der Waals surface area contributed by atoms with Crippen LogP contribution >= 0.6 is 15.9 Å². The lowest BCUT2D eigenvalue weighted by Crippen LogP contribution is -2.32. The van der Waals surface area contributed by atoms with Crippen molar-refractivity contribution in [3.8, 4) is 0 Å². The number of carboxylic acids is 1. The van der Waals surface area contributed by atoms with E-state index in [0.29, 0.717) is 4.67 Å². The highest BCUT2D eigenvalue weighted by Gasteiger charge is 2.19. The van der Waals surface area contributed by atoms with Crippen molar-refractivity contribution in [3.63, 3.8) is 0 Å². The number of furan rings is 1. The largest absolute Gasteiger partial charge is 0.478 e. The first-order chi connectivity index (χ1) is 8.19. The predicted octanol–water partition coefficient (Wildman–Crippen LogP) is 2.77. The molecule has 0 bridgehead atoms. The third-order valence-corrected chi connectivity index (χ3v) is 2.19. The second-order valence-corrected chi connectivity index (χ2v) is 5.33. The molecule has 1 aromatic heterocycles. The maximum absolute atomic E-state index is 11.4. The first-order valence-corrected chi connectivity index (χ1v) is 5.96. The van der Waals surface area contributed by atoms with Crippen molar-refractivity contribution in [2.45, 2.75) is 32.9 Å². The standard InChI is InChI=1S/C11H14BrNO5/c1-11(2,3)18-10(16)13-5-7-6(9(14)15)4-8(12)17-7/h4H,5H2,1-3H3,(H,13,16)(H,14,15). The molecule has 6 nitrogen and oxygen atoms in total. The summed E-state index contributed by atoms with van der Waals surface area (Å²) in [6.45, 7) is 5.15. The number of aromatic carboxylic acids is 1. The van der Waals surface area contributed by atoms with E-state index in [2.05, 4.69) is 21.2 Å². The number of alkyl carbamates (subject to hydrolysis) is 1. The van der Waals surface area contributed by atoms with E-state index in [1.54, 1.807) is 20.8 Å². The first-order valence-electron chi connectivity index (χ1n) is 5.17. The van der Waals surface area contributed by atoms with E-state index in [4.69, 9.17) is 14.3 Å². The van der Waals surface area contributed by atoms with Crippen LogP contribution < -0.4 is 5.32 Å². The minimum absolute atomic E-state index is 0.00191. The molecule has 0 saturated carbocycles. The number of carbonyl (C=O) groups is 2. The van der Waals surface area contributed by atoms with Gasteiger partial charge in [0.05, 0.1) is 6.54 Å². The molecule has 0 aliphatic heterocycles. The Kier molecular flexibility index (Phi) is 4.39. The normalized spacial score (nSPS) is 11.1. The van der Waals surface area contributed by atoms with Crippen LogP contribution in [0.15, 0.2) is 15.2 Å². The summed E-state index contributed by atoms with van der Waals surface area (Å²) < 4.78 is 10.4. The molecule has 0 saturated heterocycles. The fourth-order valence-corrected chi connectivity index (χ4v) is 1.60. The number of amides is 1. The zero-order chi connectivity index (χ0) is 13.9. The number of ether oxygens (including phenoxy) is 1. The van der Waals surface area contributed by atoms with Gasteiger partial charge in [-0.15, -0.1) is 0 Å². The second kappa shape index (κ2) is 5.43. The average Bonchev–Trinajstić information content (AvgIpc) is 2.54. The molecule has 0 fully saturated rings. The lowest BCUT2D eigenvalue weighted by atomic mass is 10.2. The van der Waals surface area contributed by atoms with Gasteiger partial charge < -0.3 is 19.6 Å². The van der Waals surface area contributed by atoms with E-state index >= 15 is 0 Å². The summed E-state index contributed by atoms with van der Waals surface area (Å²) in [6.07, 6.45) is -0.633. The molecule has 0 atom stereocenters. The highest BCUT2D eigenvalue weighted by Crippen LogP contribution is 2.20. The Balaban J connectivity index is 2.64. The number of hydrogen-bond donors (Lipinski definition) is 2. The van der Waals surface area contributed by atoms with Crippen molar-refractivity contribution >= 4 is 28.0 Å². The van der Waals surface area contributed by atoms with Crippen LogP contribution in [0.4, 0.5) is 4.79 Å². The highest BCUT2D eigenvalue weighted by molar-refractivity contribution is 9.10. The molecular formula is C11H14BrNO5. The molecule has 1 rings (SSSR count). The highest BCUT2D eigenvalue weighted by atomic mass is 79.9. The molecule has 0 spiro atoms. The molecule has 100 valence electrons. The molecule has 0 aromatic carbocycles. The van der Waals surface area contributed by atoms with Gasteiger partial charge in [-0.2, -0.15) is 0 Å². The van der Waals surface area contributed by atoms with Gasteiger partial charge in [0, 0.05) is 6.07 Å². The Morgan fingerprint density at radius 1 is 1.50 bits per heavy atom. The number of carbonyl (C=O) groups excluding carboxylic acids is 1. The Labute approximate surface area is 112 Å². The van der Waals surface area contributed by atoms with Crippen LogP contribution in [-0.2, 0) is 11.3 Å². The van der Waals surface area contributed by atoms with Gasteiger partial charge in [0.1, 0.15) is 16.9 Å². The molecule has 0 aliphatic carbocycles. The Bertz CT molecular complexity index is 460. The molecule has 1 amide bonds. The van der Waals surface area contributed by atoms with Crippen molar-refractivity contribution in [2.75, 3.05) is 0 Å². The van der Waals surface area contributed by atoms with Gasteiger partial charge >= 0.3 is 12.1 Å². The van der Waals surface area contributed by atoms with Crippen LogP contribution in [-0.4, -0.2) is 22.8 Å². The van der Waals surface area contributed by atoms with Gasteiger partial charge in [-0.05, 0) is 36.7 Å². The van der Waals surface area contributed by atoms with Crippen LogP contribution in [0.25, 0.3) is 0 Å². The quantitative estimate of drug-likeness (QED) is 0.894. The van der Waals surface area contributed by atoms with E-state index in [1.807, 2.05) is 0 Å². The zero-order valence-electron chi connectivity index (χ0n) is 10.2. The fraction of sp³-hybridized carbons (Fsp3) is 0.455. The van der Waals surface area contributed by atoms with E-state index in [9.17, 15) is 9.59 Å². The maximum atomic E-state index is 11.4. The molecule has 0 unspecified atom stereocenters. The molecule has 2 N–H and O–H groups in total. The van der Waals surface area contributed by atoms with Crippen LogP contribution in [0, 0.1) is 0 Å². The SMILES string of the molecule is CC(C)(C)OC(=O)NCc1oc(Br)cc1C(=O)O. The van der Waals surface area contributed by atoms with E-state index in [-0.39, 0.29) is 17.9 Å². The molecule has 1 aromatic rings. The van der Waals surface area contributed by atoms with Gasteiger partial charge in [-0.25, -0.2) is 9.59 Å². The second-order valence-electron chi connectivity index (χ2n) is 4.55. The van der Waals surface area contributed by atoms with Crippen molar-refractivity contribution < 1.29 is 23.8 Å². The molecular weight excluding hydrogens is 306 g/mol. The lowest BCUT2D eigenvalue weighted by Gasteiger charge is -2.19. The number of halogens is 1. The Hall–Kier alpha value is -1.50. The van der Waals surface area contributed by atoms with Gasteiger partial charge in [0.25, 0.3) is 0 Å². The molecule has 0 aliphatic rings. The van der Waals surface area contributed by atoms with Gasteiger partial charge in [-0.3, -0.25) is 0 Å². The maximum Gasteiger partial charge on any atom is 0.408 e. The summed E-state index contributed by atoms with van der Waals surface area (Å²) in [7, 11) is 0. The summed E-state index contributed by atoms with van der Waals surface area (Å²) in [5.41, 5.74) is -0.610. The summed E-state index contributed by atoms with van der Waals surface area (Å²) in [5.74, 6) is -0.967. The van der Waals surface area contributed by atoms with Gasteiger partial charge in [-0.1, -0.05) is 0 Å². The number of nitrogens with one attached hydrogen (secondary N) is 1. The lowest BCUT2D eigenvalue weighted by molar-refractivity contribution is 0.0516. The van der Waals surface area contributed by atoms with Crippen molar-refractivity contribution in [3.05, 3.63) is 22.1 Å². The fourth-order valence-electron chi connectivity index (χ4n) is 1.18. The van der Waals surface area contributed by atoms with Crippen molar-refractivity contribution in [2.24, 2.45) is 0 Å². The number of rotatable bonds is 3. The van der Waals surface area contributed by atoms with Crippen LogP contribution in [0.3, 0.4) is 0 Å². The topological polar surface area (TPSA) is 88.8 Å². The minimum Gasteiger partial charge on any atom is -0.478 e. The smallest absolute Gasteiger partial charge is 0.408 e. The average molecular weight is 320 g/mol. The summed E-state index contributed by atoms with van der Waals surface area (Å²) >= 11 is 3.03. The summed E-state index contributed by atoms with van der Waals surface area (Å²) in [5, 5.41) is 11.3. The van der Waals surface area contributed by atoms with Crippen molar-refractivity contribution in [1.82, 2.24) is 5.32 Å². The van der Waals surface area contributed by atoms with Crippen LogP contribution in [0.5, 0.6) is 0 Å². The van der Waals surface area contributed by atoms with E-state index in [0.717, 1.165) is 0 Å². The van der Waals surface area contributed by atoms with E-state index < -0.39 is 17.7 Å². The molecule has 0 radical (unpaired) electrons. The van der Waals surface area contributed by atoms with E-state index in [1.165, 1.54) is 6.07 Å². The van der Waals surface area contributed by atoms with Crippen molar-refractivity contribution in [1.29, 1.82) is 0 Å². The zero-order valence-corrected chi connectivity index (χ0v) is 11.8. The van der Waals surface area contributed by atoms with Gasteiger partial charge in [0.2, 0.25) is 0 Å². The first kappa shape index (κ1) is 14.6. The molecule has 7 heteroatoms. The summed E-state index contributed by atoms with van der Waals surface area (Å²) in [4.78, 5) is 22.3. The predicted molar refractivity (Wildman–Crippen MR) is 66.4 cm³/mol. The Morgan fingerprint density at radius 2 is 2.11 bits per heavy atom. The number of carboxylic acid groups (broad SMARTS) is 1. The van der Waals surface area contributed by atoms with Crippen LogP contribution in [0.1, 0.15) is 36.9 Å². The Morgan fingerprint density at radius 3 is 2.61 bits per heavy atom. The van der Waals surface area contributed by atoms with Gasteiger partial charge in [0.15, 0.2) is 4.67 Å². The molecule has 1 heterocycles. The third kappa shape index (κ3) is 4.40. The number of hydrogen-bond acceptors (Lipinski definition) is 4. The third-order valence-electron chi connectivity index (χ3n) is 1.80. The molecule has 18 heavy (non-hydrogen) atoms. The monoisotopic (exact) mass is 319 g/mol. The minimum atomic E-state index is -1.12.